The molecule has 0 aliphatic carbocycles. The first-order valence-electron chi connectivity index (χ1n) is 11.0. The summed E-state index contributed by atoms with van der Waals surface area (Å²) >= 11 is 0. The van der Waals surface area contributed by atoms with Gasteiger partial charge in [0.15, 0.2) is 0 Å². The third kappa shape index (κ3) is 5.62. The van der Waals surface area contributed by atoms with E-state index in [9.17, 15) is 13.2 Å². The fourth-order valence-electron chi connectivity index (χ4n) is 4.29. The van der Waals surface area contributed by atoms with Crippen LogP contribution in [0.1, 0.15) is 37.7 Å². The van der Waals surface area contributed by atoms with Gasteiger partial charge >= 0.3 is 0 Å². The van der Waals surface area contributed by atoms with E-state index in [0.717, 1.165) is 24.5 Å². The van der Waals surface area contributed by atoms with Crippen LogP contribution in [0, 0.1) is 5.92 Å². The maximum Gasteiger partial charge on any atom is 0.227 e. The highest BCUT2D eigenvalue weighted by Gasteiger charge is 2.31. The number of nitrogens with one attached hydrogen (secondary N) is 1. The first kappa shape index (κ1) is 21.8. The van der Waals surface area contributed by atoms with Gasteiger partial charge in [0.2, 0.25) is 15.9 Å². The highest BCUT2D eigenvalue weighted by molar-refractivity contribution is 7.88. The second kappa shape index (κ2) is 9.78. The van der Waals surface area contributed by atoms with Crippen molar-refractivity contribution in [1.29, 1.82) is 0 Å². The van der Waals surface area contributed by atoms with Gasteiger partial charge in [0.05, 0.1) is 17.6 Å². The summed E-state index contributed by atoms with van der Waals surface area (Å²) in [7, 11) is -3.37. The lowest BCUT2D eigenvalue weighted by Crippen LogP contribution is -2.41. The lowest BCUT2D eigenvalue weighted by Gasteiger charge is -2.30. The number of hydrogen-bond donors (Lipinski definition) is 1. The van der Waals surface area contributed by atoms with E-state index in [2.05, 4.69) is 15.2 Å². The second-order valence-electron chi connectivity index (χ2n) is 8.36. The zero-order valence-electron chi connectivity index (χ0n) is 17.7. The Kier molecular flexibility index (Phi) is 6.87. The Morgan fingerprint density at radius 1 is 0.968 bits per heavy atom. The van der Waals surface area contributed by atoms with Crippen LogP contribution in [0.5, 0.6) is 0 Å². The molecule has 31 heavy (non-hydrogen) atoms. The molecule has 1 aromatic carbocycles. The number of anilines is 2. The Bertz CT molecular complexity index is 966. The molecule has 0 unspecified atom stereocenters. The van der Waals surface area contributed by atoms with E-state index in [-0.39, 0.29) is 17.6 Å². The van der Waals surface area contributed by atoms with Gasteiger partial charge in [0.25, 0.3) is 0 Å². The minimum Gasteiger partial charge on any atom is -0.357 e. The molecule has 2 fully saturated rings. The predicted molar refractivity (Wildman–Crippen MR) is 122 cm³/mol. The lowest BCUT2D eigenvalue weighted by atomic mass is 9.97. The van der Waals surface area contributed by atoms with E-state index < -0.39 is 10.0 Å². The van der Waals surface area contributed by atoms with E-state index in [1.807, 2.05) is 42.5 Å². The summed E-state index contributed by atoms with van der Waals surface area (Å²) in [5.74, 6) is 0.701. The van der Waals surface area contributed by atoms with Crippen molar-refractivity contribution < 1.29 is 13.2 Å². The van der Waals surface area contributed by atoms with E-state index in [0.29, 0.717) is 31.6 Å². The molecule has 166 valence electrons. The smallest absolute Gasteiger partial charge is 0.227 e. The fraction of sp³-hybridized carbons (Fsp3) is 0.478. The van der Waals surface area contributed by atoms with Crippen molar-refractivity contribution in [3.05, 3.63) is 54.2 Å². The monoisotopic (exact) mass is 442 g/mol. The minimum absolute atomic E-state index is 0.000259. The standard InChI is InChI=1S/C23H30N4O3S/c28-23(25-21-9-10-22(24-17-21)26-13-5-2-6-14-26)20-11-15-27(16-12-20)31(29,30)18-19-7-3-1-4-8-19/h1,3-4,7-10,17,20H,2,5-6,11-16,18H2,(H,25,28). The minimum atomic E-state index is -3.37. The van der Waals surface area contributed by atoms with Crippen LogP contribution in [0.3, 0.4) is 0 Å². The quantitative estimate of drug-likeness (QED) is 0.743. The highest BCUT2D eigenvalue weighted by Crippen LogP contribution is 2.24. The van der Waals surface area contributed by atoms with Crippen molar-refractivity contribution in [2.24, 2.45) is 5.92 Å². The number of benzene rings is 1. The Hall–Kier alpha value is -2.45. The average molecular weight is 443 g/mol. The molecule has 3 heterocycles. The molecule has 2 aromatic rings. The summed E-state index contributed by atoms with van der Waals surface area (Å²) in [6.45, 7) is 2.81. The van der Waals surface area contributed by atoms with Crippen LogP contribution in [0.15, 0.2) is 48.7 Å². The van der Waals surface area contributed by atoms with Crippen molar-refractivity contribution in [3.8, 4) is 0 Å². The number of aromatic nitrogens is 1. The van der Waals surface area contributed by atoms with Crippen molar-refractivity contribution in [2.75, 3.05) is 36.4 Å². The van der Waals surface area contributed by atoms with E-state index >= 15 is 0 Å². The van der Waals surface area contributed by atoms with E-state index in [1.165, 1.54) is 23.6 Å². The van der Waals surface area contributed by atoms with Crippen LogP contribution in [-0.4, -0.2) is 49.8 Å². The van der Waals surface area contributed by atoms with Gasteiger partial charge in [-0.1, -0.05) is 30.3 Å². The Balaban J connectivity index is 1.28. The first-order valence-corrected chi connectivity index (χ1v) is 12.7. The van der Waals surface area contributed by atoms with Crippen LogP contribution in [0.2, 0.25) is 0 Å². The molecule has 2 aliphatic heterocycles. The molecule has 0 bridgehead atoms. The lowest BCUT2D eigenvalue weighted by molar-refractivity contribution is -0.120. The second-order valence-corrected chi connectivity index (χ2v) is 10.3. The summed E-state index contributed by atoms with van der Waals surface area (Å²) in [4.78, 5) is 19.5. The Labute approximate surface area is 184 Å². The summed E-state index contributed by atoms with van der Waals surface area (Å²) in [6, 6.07) is 13.1. The third-order valence-corrected chi connectivity index (χ3v) is 7.96. The number of hydrogen-bond acceptors (Lipinski definition) is 5. The number of sulfonamides is 1. The molecule has 1 amide bonds. The van der Waals surface area contributed by atoms with Crippen molar-refractivity contribution >= 4 is 27.4 Å². The fourth-order valence-corrected chi connectivity index (χ4v) is 5.85. The van der Waals surface area contributed by atoms with Gasteiger partial charge in [0, 0.05) is 32.1 Å². The summed E-state index contributed by atoms with van der Waals surface area (Å²) < 4.78 is 26.9. The van der Waals surface area contributed by atoms with E-state index in [1.54, 1.807) is 6.20 Å². The Morgan fingerprint density at radius 2 is 1.68 bits per heavy atom. The van der Waals surface area contributed by atoms with Crippen LogP contribution in [-0.2, 0) is 20.6 Å². The Morgan fingerprint density at radius 3 is 2.32 bits per heavy atom. The predicted octanol–water partition coefficient (Wildman–Crippen LogP) is 3.25. The number of carbonyl (C=O) groups excluding carboxylic acids is 1. The van der Waals surface area contributed by atoms with Crippen molar-refractivity contribution in [3.63, 3.8) is 0 Å². The number of nitrogens with zero attached hydrogens (tertiary/aromatic N) is 3. The SMILES string of the molecule is O=C(Nc1ccc(N2CCCCC2)nc1)C1CCN(S(=O)(=O)Cc2ccccc2)CC1. The van der Waals surface area contributed by atoms with Gasteiger partial charge in [-0.3, -0.25) is 4.79 Å². The molecule has 1 aromatic heterocycles. The first-order chi connectivity index (χ1) is 15.0. The molecule has 0 atom stereocenters. The van der Waals surface area contributed by atoms with Gasteiger partial charge in [-0.2, -0.15) is 0 Å². The molecule has 4 rings (SSSR count). The van der Waals surface area contributed by atoms with Gasteiger partial charge in [-0.05, 0) is 49.8 Å². The van der Waals surface area contributed by atoms with Crippen molar-refractivity contribution in [2.45, 2.75) is 37.9 Å². The normalized spacial score (nSPS) is 18.6. The molecule has 0 saturated carbocycles. The summed E-state index contributed by atoms with van der Waals surface area (Å²) in [5, 5.41) is 2.95. The number of amides is 1. The van der Waals surface area contributed by atoms with Crippen LogP contribution < -0.4 is 10.2 Å². The molecule has 0 radical (unpaired) electrons. The van der Waals surface area contributed by atoms with E-state index in [4.69, 9.17) is 0 Å². The molecular formula is C23H30N4O3S. The van der Waals surface area contributed by atoms with Gasteiger partial charge < -0.3 is 10.2 Å². The zero-order valence-corrected chi connectivity index (χ0v) is 18.6. The van der Waals surface area contributed by atoms with Crippen LogP contribution in [0.25, 0.3) is 0 Å². The molecule has 8 heteroatoms. The number of carbonyl (C=O) groups is 1. The van der Waals surface area contributed by atoms with Crippen molar-refractivity contribution in [1.82, 2.24) is 9.29 Å². The van der Waals surface area contributed by atoms with Gasteiger partial charge in [0.1, 0.15) is 5.82 Å². The molecule has 2 saturated heterocycles. The largest absolute Gasteiger partial charge is 0.357 e. The van der Waals surface area contributed by atoms with Gasteiger partial charge in [-0.15, -0.1) is 0 Å². The molecule has 1 N–H and O–H groups in total. The average Bonchev–Trinajstić information content (AvgIpc) is 2.80. The maximum absolute atomic E-state index is 12.7. The summed E-state index contributed by atoms with van der Waals surface area (Å²) in [5.41, 5.74) is 1.47. The van der Waals surface area contributed by atoms with Gasteiger partial charge in [-0.25, -0.2) is 17.7 Å². The number of rotatable bonds is 6. The molecule has 7 nitrogen and oxygen atoms in total. The molecule has 2 aliphatic rings. The zero-order chi connectivity index (χ0) is 21.7. The topological polar surface area (TPSA) is 82.6 Å². The molecular weight excluding hydrogens is 412 g/mol. The third-order valence-electron chi connectivity index (χ3n) is 6.11. The highest BCUT2D eigenvalue weighted by atomic mass is 32.2. The van der Waals surface area contributed by atoms with Crippen LogP contribution in [0.4, 0.5) is 11.5 Å². The molecule has 0 spiro atoms. The number of piperidine rings is 2. The number of pyridine rings is 1. The maximum atomic E-state index is 12.7. The van der Waals surface area contributed by atoms with Crippen LogP contribution >= 0.6 is 0 Å². The summed E-state index contributed by atoms with van der Waals surface area (Å²) in [6.07, 6.45) is 6.43.